The molecule has 0 aliphatic carbocycles. The molecule has 0 saturated carbocycles. The summed E-state index contributed by atoms with van der Waals surface area (Å²) in [7, 11) is 1.62. The van der Waals surface area contributed by atoms with Gasteiger partial charge in [0.15, 0.2) is 17.3 Å². The van der Waals surface area contributed by atoms with E-state index in [1.165, 1.54) is 0 Å². The number of aromatic nitrogens is 2. The number of ether oxygens (including phenoxy) is 2. The van der Waals surface area contributed by atoms with E-state index in [0.29, 0.717) is 30.5 Å². The Hall–Kier alpha value is -1.88. The lowest BCUT2D eigenvalue weighted by Gasteiger charge is -2.04. The van der Waals surface area contributed by atoms with Crippen molar-refractivity contribution in [3.63, 3.8) is 0 Å². The zero-order valence-electron chi connectivity index (χ0n) is 8.92. The smallest absolute Gasteiger partial charge is 0.195 e. The van der Waals surface area contributed by atoms with Crippen molar-refractivity contribution >= 4 is 0 Å². The molecule has 2 aromatic heterocycles. The van der Waals surface area contributed by atoms with Gasteiger partial charge in [0.05, 0.1) is 25.3 Å². The van der Waals surface area contributed by atoms with Crippen LogP contribution in [-0.2, 0) is 4.74 Å². The minimum atomic E-state index is 0.486. The molecule has 2 aromatic rings. The molecule has 2 rings (SSSR count). The van der Waals surface area contributed by atoms with Gasteiger partial charge in [0, 0.05) is 7.11 Å². The Morgan fingerprint density at radius 1 is 1.25 bits per heavy atom. The van der Waals surface area contributed by atoms with Gasteiger partial charge in [-0.3, -0.25) is 0 Å². The summed E-state index contributed by atoms with van der Waals surface area (Å²) in [6, 6.07) is 3.60. The third-order valence-corrected chi connectivity index (χ3v) is 1.93. The van der Waals surface area contributed by atoms with Crippen molar-refractivity contribution in [3.05, 3.63) is 30.8 Å². The molecule has 0 fully saturated rings. The van der Waals surface area contributed by atoms with Gasteiger partial charge in [-0.1, -0.05) is 0 Å². The van der Waals surface area contributed by atoms with Gasteiger partial charge in [-0.25, -0.2) is 9.97 Å². The molecule has 0 bridgehead atoms. The van der Waals surface area contributed by atoms with Crippen LogP contribution in [0.15, 0.2) is 35.2 Å². The third-order valence-electron chi connectivity index (χ3n) is 1.93. The van der Waals surface area contributed by atoms with Crippen LogP contribution >= 0.6 is 0 Å². The Bertz CT molecular complexity index is 411. The van der Waals surface area contributed by atoms with Gasteiger partial charge in [0.25, 0.3) is 0 Å². The van der Waals surface area contributed by atoms with E-state index in [2.05, 4.69) is 9.97 Å². The second-order valence-electron chi connectivity index (χ2n) is 3.06. The predicted molar refractivity (Wildman–Crippen MR) is 57.1 cm³/mol. The van der Waals surface area contributed by atoms with E-state index in [1.807, 2.05) is 0 Å². The van der Waals surface area contributed by atoms with Gasteiger partial charge < -0.3 is 13.9 Å². The SMILES string of the molecule is COCCOc1cnc(-c2ccco2)nc1. The summed E-state index contributed by atoms with van der Waals surface area (Å²) in [6.45, 7) is 1.03. The quantitative estimate of drug-likeness (QED) is 0.718. The molecule has 0 aliphatic heterocycles. The van der Waals surface area contributed by atoms with E-state index < -0.39 is 0 Å². The highest BCUT2D eigenvalue weighted by molar-refractivity contribution is 5.45. The van der Waals surface area contributed by atoms with Crippen LogP contribution in [-0.4, -0.2) is 30.3 Å². The van der Waals surface area contributed by atoms with Crippen molar-refractivity contribution in [2.24, 2.45) is 0 Å². The van der Waals surface area contributed by atoms with Gasteiger partial charge in [0.1, 0.15) is 6.61 Å². The Morgan fingerprint density at radius 2 is 2.06 bits per heavy atom. The molecule has 0 amide bonds. The minimum absolute atomic E-state index is 0.486. The van der Waals surface area contributed by atoms with Gasteiger partial charge >= 0.3 is 0 Å². The topological polar surface area (TPSA) is 57.4 Å². The molecular weight excluding hydrogens is 208 g/mol. The van der Waals surface area contributed by atoms with E-state index >= 15 is 0 Å². The van der Waals surface area contributed by atoms with Crippen LogP contribution in [0.1, 0.15) is 0 Å². The zero-order valence-corrected chi connectivity index (χ0v) is 8.92. The summed E-state index contributed by atoms with van der Waals surface area (Å²) < 4.78 is 15.4. The van der Waals surface area contributed by atoms with Crippen LogP contribution in [0.4, 0.5) is 0 Å². The second kappa shape index (κ2) is 5.27. The normalized spacial score (nSPS) is 10.3. The Labute approximate surface area is 93.0 Å². The molecule has 0 aromatic carbocycles. The maximum absolute atomic E-state index is 5.34. The number of furan rings is 1. The van der Waals surface area contributed by atoms with Crippen LogP contribution in [0.3, 0.4) is 0 Å². The third kappa shape index (κ3) is 2.58. The van der Waals surface area contributed by atoms with Gasteiger partial charge in [-0.2, -0.15) is 0 Å². The average Bonchev–Trinajstić information content (AvgIpc) is 2.84. The van der Waals surface area contributed by atoms with E-state index in [-0.39, 0.29) is 0 Å². The molecular formula is C11H12N2O3. The number of methoxy groups -OCH3 is 1. The summed E-state index contributed by atoms with van der Waals surface area (Å²) in [6.07, 6.45) is 4.81. The largest absolute Gasteiger partial charge is 0.488 e. The molecule has 0 atom stereocenters. The first-order valence-corrected chi connectivity index (χ1v) is 4.88. The highest BCUT2D eigenvalue weighted by atomic mass is 16.5. The molecule has 2 heterocycles. The van der Waals surface area contributed by atoms with Crippen LogP contribution in [0.25, 0.3) is 11.6 Å². The van der Waals surface area contributed by atoms with Crippen molar-refractivity contribution < 1.29 is 13.9 Å². The van der Waals surface area contributed by atoms with Gasteiger partial charge in [0.2, 0.25) is 0 Å². The molecule has 16 heavy (non-hydrogen) atoms. The lowest BCUT2D eigenvalue weighted by Crippen LogP contribution is -2.04. The summed E-state index contributed by atoms with van der Waals surface area (Å²) in [5, 5.41) is 0. The molecule has 5 heteroatoms. The molecule has 0 aliphatic rings. The fraction of sp³-hybridized carbons (Fsp3) is 0.273. The predicted octanol–water partition coefficient (Wildman–Crippen LogP) is 1.76. The highest BCUT2D eigenvalue weighted by Crippen LogP contribution is 2.16. The van der Waals surface area contributed by atoms with E-state index in [4.69, 9.17) is 13.9 Å². The van der Waals surface area contributed by atoms with Crippen LogP contribution < -0.4 is 4.74 Å². The first-order chi connectivity index (χ1) is 7.90. The molecule has 5 nitrogen and oxygen atoms in total. The first kappa shape index (κ1) is 10.6. The second-order valence-corrected chi connectivity index (χ2v) is 3.06. The summed E-state index contributed by atoms with van der Waals surface area (Å²) >= 11 is 0. The lowest BCUT2D eigenvalue weighted by atomic mass is 10.4. The molecule has 0 unspecified atom stereocenters. The molecule has 0 spiro atoms. The standard InChI is InChI=1S/C11H12N2O3/c1-14-5-6-15-9-7-12-11(13-8-9)10-3-2-4-16-10/h2-4,7-8H,5-6H2,1H3. The maximum atomic E-state index is 5.34. The summed E-state index contributed by atoms with van der Waals surface area (Å²) in [4.78, 5) is 8.26. The van der Waals surface area contributed by atoms with Crippen molar-refractivity contribution in [2.45, 2.75) is 0 Å². The molecule has 0 N–H and O–H groups in total. The average molecular weight is 220 g/mol. The Balaban J connectivity index is 2.00. The van der Waals surface area contributed by atoms with Crippen molar-refractivity contribution in [2.75, 3.05) is 20.3 Å². The fourth-order valence-electron chi connectivity index (χ4n) is 1.17. The molecule has 84 valence electrons. The van der Waals surface area contributed by atoms with Crippen LogP contribution in [0, 0.1) is 0 Å². The monoisotopic (exact) mass is 220 g/mol. The summed E-state index contributed by atoms with van der Waals surface area (Å²) in [5.74, 6) is 1.81. The van der Waals surface area contributed by atoms with E-state index in [9.17, 15) is 0 Å². The van der Waals surface area contributed by atoms with Gasteiger partial charge in [-0.05, 0) is 12.1 Å². The Morgan fingerprint density at radius 3 is 2.69 bits per heavy atom. The minimum Gasteiger partial charge on any atom is -0.488 e. The highest BCUT2D eigenvalue weighted by Gasteiger charge is 2.03. The lowest BCUT2D eigenvalue weighted by molar-refractivity contribution is 0.146. The van der Waals surface area contributed by atoms with Crippen molar-refractivity contribution in [1.82, 2.24) is 9.97 Å². The number of nitrogens with zero attached hydrogens (tertiary/aromatic N) is 2. The van der Waals surface area contributed by atoms with E-state index in [1.54, 1.807) is 37.9 Å². The van der Waals surface area contributed by atoms with Crippen molar-refractivity contribution in [1.29, 1.82) is 0 Å². The van der Waals surface area contributed by atoms with Crippen LogP contribution in [0.2, 0.25) is 0 Å². The first-order valence-electron chi connectivity index (χ1n) is 4.88. The fourth-order valence-corrected chi connectivity index (χ4v) is 1.17. The number of hydrogen-bond donors (Lipinski definition) is 0. The number of rotatable bonds is 5. The number of hydrogen-bond acceptors (Lipinski definition) is 5. The van der Waals surface area contributed by atoms with E-state index in [0.717, 1.165) is 0 Å². The zero-order chi connectivity index (χ0) is 11.2. The van der Waals surface area contributed by atoms with Crippen LogP contribution in [0.5, 0.6) is 5.75 Å². The van der Waals surface area contributed by atoms with Crippen molar-refractivity contribution in [3.8, 4) is 17.3 Å². The summed E-state index contributed by atoms with van der Waals surface area (Å²) in [5.41, 5.74) is 0. The molecule has 0 radical (unpaired) electrons. The maximum Gasteiger partial charge on any atom is 0.195 e. The molecule has 0 saturated heterocycles. The van der Waals surface area contributed by atoms with Gasteiger partial charge in [-0.15, -0.1) is 0 Å². The Kier molecular flexibility index (Phi) is 3.50.